The maximum Gasteiger partial charge on any atom is 0.304 e. The predicted molar refractivity (Wildman–Crippen MR) is 70.7 cm³/mol. The highest BCUT2D eigenvalue weighted by Gasteiger charge is 2.06. The number of oxazole rings is 1. The molecule has 18 heavy (non-hydrogen) atoms. The van der Waals surface area contributed by atoms with Crippen LogP contribution in [0.15, 0.2) is 32.8 Å². The van der Waals surface area contributed by atoms with Crippen LogP contribution in [0.25, 0.3) is 11.1 Å². The molecule has 0 bridgehead atoms. The first-order valence-electron chi connectivity index (χ1n) is 5.27. The maximum absolute atomic E-state index is 11.0. The van der Waals surface area contributed by atoms with Gasteiger partial charge in [0.2, 0.25) is 0 Å². The van der Waals surface area contributed by atoms with Crippen LogP contribution in [-0.4, -0.2) is 9.97 Å². The van der Waals surface area contributed by atoms with Crippen molar-refractivity contribution in [1.82, 2.24) is 9.97 Å². The minimum absolute atomic E-state index is 0.0721. The lowest BCUT2D eigenvalue weighted by atomic mass is 10.3. The van der Waals surface area contributed by atoms with Crippen LogP contribution in [0.4, 0.5) is 11.7 Å². The molecule has 92 valence electrons. The van der Waals surface area contributed by atoms with E-state index < -0.39 is 0 Å². The lowest BCUT2D eigenvalue weighted by molar-refractivity contribution is 0.614. The fourth-order valence-corrected chi connectivity index (χ4v) is 2.17. The molecule has 7 heteroatoms. The van der Waals surface area contributed by atoms with Gasteiger partial charge in [-0.3, -0.25) is 4.79 Å². The molecule has 2 aromatic heterocycles. The normalized spacial score (nSPS) is 10.9. The number of nitrogens with zero attached hydrogens (tertiary/aromatic N) is 1. The number of hydrogen-bond acceptors (Lipinski definition) is 6. The Labute approximate surface area is 105 Å². The largest absolute Gasteiger partial charge is 0.423 e. The number of rotatable bonds is 3. The van der Waals surface area contributed by atoms with Gasteiger partial charge in [0.15, 0.2) is 5.58 Å². The third-order valence-electron chi connectivity index (χ3n) is 2.41. The van der Waals surface area contributed by atoms with Gasteiger partial charge in [0.25, 0.3) is 6.01 Å². The minimum atomic E-state index is -0.0721. The second-order valence-electron chi connectivity index (χ2n) is 3.77. The number of thiazole rings is 1. The molecule has 0 radical (unpaired) electrons. The van der Waals surface area contributed by atoms with Crippen molar-refractivity contribution in [3.63, 3.8) is 0 Å². The zero-order valence-electron chi connectivity index (χ0n) is 9.27. The molecule has 0 unspecified atom stereocenters. The first kappa shape index (κ1) is 10.8. The quantitative estimate of drug-likeness (QED) is 0.625. The van der Waals surface area contributed by atoms with Gasteiger partial charge in [0.1, 0.15) is 5.52 Å². The summed E-state index contributed by atoms with van der Waals surface area (Å²) in [5.41, 5.74) is 8.46. The predicted octanol–water partition coefficient (Wildman–Crippen LogP) is 1.77. The van der Waals surface area contributed by atoms with Crippen LogP contribution in [0.2, 0.25) is 0 Å². The van der Waals surface area contributed by atoms with E-state index in [4.69, 9.17) is 10.2 Å². The standard InChI is InChI=1S/C11H10N4O2S/c12-6-1-2-8-9(3-6)17-10(15-8)13-4-7-5-18-11(16)14-7/h1-3,5H,4,12H2,(H,13,15)(H,14,16). The van der Waals surface area contributed by atoms with Crippen LogP contribution in [0.5, 0.6) is 0 Å². The first-order chi connectivity index (χ1) is 8.70. The van der Waals surface area contributed by atoms with E-state index in [2.05, 4.69) is 15.3 Å². The topological polar surface area (TPSA) is 96.9 Å². The summed E-state index contributed by atoms with van der Waals surface area (Å²) in [7, 11) is 0. The monoisotopic (exact) mass is 262 g/mol. The third kappa shape index (κ3) is 2.07. The first-order valence-corrected chi connectivity index (χ1v) is 6.15. The van der Waals surface area contributed by atoms with Crippen molar-refractivity contribution in [3.05, 3.63) is 38.9 Å². The van der Waals surface area contributed by atoms with Crippen LogP contribution >= 0.6 is 11.3 Å². The Hall–Kier alpha value is -2.28. The van der Waals surface area contributed by atoms with Crippen molar-refractivity contribution >= 4 is 34.1 Å². The van der Waals surface area contributed by atoms with Gasteiger partial charge in [0, 0.05) is 22.8 Å². The number of aromatic nitrogens is 2. The van der Waals surface area contributed by atoms with Gasteiger partial charge < -0.3 is 20.5 Å². The number of hydrogen-bond donors (Lipinski definition) is 3. The molecular formula is C11H10N4O2S. The van der Waals surface area contributed by atoms with Crippen LogP contribution < -0.4 is 15.9 Å². The zero-order chi connectivity index (χ0) is 12.5. The molecule has 0 aliphatic rings. The maximum atomic E-state index is 11.0. The molecule has 0 spiro atoms. The van der Waals surface area contributed by atoms with E-state index in [0.29, 0.717) is 23.8 Å². The second-order valence-corrected chi connectivity index (χ2v) is 4.62. The highest BCUT2D eigenvalue weighted by Crippen LogP contribution is 2.21. The van der Waals surface area contributed by atoms with Crippen LogP contribution in [-0.2, 0) is 6.54 Å². The lowest BCUT2D eigenvalue weighted by Crippen LogP contribution is -2.02. The molecule has 0 aliphatic carbocycles. The van der Waals surface area contributed by atoms with Crippen molar-refractivity contribution in [2.24, 2.45) is 0 Å². The third-order valence-corrected chi connectivity index (χ3v) is 3.13. The molecule has 0 saturated heterocycles. The van der Waals surface area contributed by atoms with Gasteiger partial charge >= 0.3 is 4.87 Å². The van der Waals surface area contributed by atoms with E-state index in [0.717, 1.165) is 22.5 Å². The van der Waals surface area contributed by atoms with Gasteiger partial charge in [-0.05, 0) is 12.1 Å². The van der Waals surface area contributed by atoms with Crippen molar-refractivity contribution in [1.29, 1.82) is 0 Å². The Bertz CT molecular complexity index is 743. The Kier molecular flexibility index (Phi) is 2.52. The highest BCUT2D eigenvalue weighted by atomic mass is 32.1. The number of nitrogen functional groups attached to an aromatic ring is 1. The fraction of sp³-hybridized carbons (Fsp3) is 0.0909. The van der Waals surface area contributed by atoms with Crippen molar-refractivity contribution in [2.75, 3.05) is 11.1 Å². The van der Waals surface area contributed by atoms with Gasteiger partial charge in [-0.25, -0.2) is 0 Å². The summed E-state index contributed by atoms with van der Waals surface area (Å²) in [6.45, 7) is 0.459. The molecule has 1 aromatic carbocycles. The van der Waals surface area contributed by atoms with Gasteiger partial charge in [-0.15, -0.1) is 0 Å². The number of fused-ring (bicyclic) bond motifs is 1. The zero-order valence-corrected chi connectivity index (χ0v) is 10.1. The molecule has 6 nitrogen and oxygen atoms in total. The number of nitrogens with two attached hydrogens (primary N) is 1. The van der Waals surface area contributed by atoms with E-state index in [-0.39, 0.29) is 4.87 Å². The summed E-state index contributed by atoms with van der Waals surface area (Å²) in [5, 5.41) is 4.76. The van der Waals surface area contributed by atoms with Crippen LogP contribution in [0.3, 0.4) is 0 Å². The molecule has 0 atom stereocenters. The van der Waals surface area contributed by atoms with E-state index in [1.807, 2.05) is 0 Å². The average molecular weight is 262 g/mol. The Morgan fingerprint density at radius 1 is 1.50 bits per heavy atom. The Morgan fingerprint density at radius 2 is 2.39 bits per heavy atom. The van der Waals surface area contributed by atoms with E-state index in [9.17, 15) is 4.79 Å². The van der Waals surface area contributed by atoms with E-state index in [1.54, 1.807) is 23.6 Å². The number of nitrogens with one attached hydrogen (secondary N) is 2. The van der Waals surface area contributed by atoms with Crippen LogP contribution in [0, 0.1) is 0 Å². The molecular weight excluding hydrogens is 252 g/mol. The van der Waals surface area contributed by atoms with Crippen LogP contribution in [0.1, 0.15) is 5.69 Å². The summed E-state index contributed by atoms with van der Waals surface area (Å²) in [6, 6.07) is 5.69. The molecule has 4 N–H and O–H groups in total. The smallest absolute Gasteiger partial charge is 0.304 e. The molecule has 3 aromatic rings. The molecule has 2 heterocycles. The van der Waals surface area contributed by atoms with Gasteiger partial charge in [-0.1, -0.05) is 11.3 Å². The summed E-state index contributed by atoms with van der Waals surface area (Å²) >= 11 is 1.13. The molecule has 3 rings (SSSR count). The number of anilines is 2. The summed E-state index contributed by atoms with van der Waals surface area (Å²) in [6.07, 6.45) is 0. The van der Waals surface area contributed by atoms with E-state index in [1.165, 1.54) is 0 Å². The summed E-state index contributed by atoms with van der Waals surface area (Å²) in [4.78, 5) is 17.8. The molecule has 0 aliphatic heterocycles. The molecule has 0 saturated carbocycles. The van der Waals surface area contributed by atoms with Crippen molar-refractivity contribution in [2.45, 2.75) is 6.54 Å². The highest BCUT2D eigenvalue weighted by molar-refractivity contribution is 7.07. The van der Waals surface area contributed by atoms with Gasteiger partial charge in [0.05, 0.1) is 6.54 Å². The van der Waals surface area contributed by atoms with Crippen molar-refractivity contribution < 1.29 is 4.42 Å². The second kappa shape index (κ2) is 4.19. The SMILES string of the molecule is Nc1ccc2nc(NCc3csc(=O)[nH]3)oc2c1. The van der Waals surface area contributed by atoms with E-state index >= 15 is 0 Å². The molecule has 0 amide bonds. The average Bonchev–Trinajstić information content (AvgIpc) is 2.92. The van der Waals surface area contributed by atoms with Gasteiger partial charge in [-0.2, -0.15) is 4.98 Å². The Balaban J connectivity index is 1.80. The fourth-order valence-electron chi connectivity index (χ4n) is 1.59. The Morgan fingerprint density at radius 3 is 3.17 bits per heavy atom. The minimum Gasteiger partial charge on any atom is -0.423 e. The summed E-state index contributed by atoms with van der Waals surface area (Å²) in [5.74, 6) is 0. The number of aromatic amines is 1. The molecule has 0 fully saturated rings. The number of benzene rings is 1. The summed E-state index contributed by atoms with van der Waals surface area (Å²) < 4.78 is 5.49. The van der Waals surface area contributed by atoms with Crippen molar-refractivity contribution in [3.8, 4) is 0 Å². The lowest BCUT2D eigenvalue weighted by Gasteiger charge is -1.97. The number of H-pyrrole nitrogens is 1.